The molecule has 1 aromatic heterocycles. The Morgan fingerprint density at radius 1 is 1.39 bits per heavy atom. The summed E-state index contributed by atoms with van der Waals surface area (Å²) in [5, 5.41) is 7.17. The Labute approximate surface area is 139 Å². The molecular weight excluding hydrogens is 327 g/mol. The summed E-state index contributed by atoms with van der Waals surface area (Å²) in [5.41, 5.74) is 0. The second-order valence-electron chi connectivity index (χ2n) is 5.19. The molecule has 1 rings (SSSR count). The van der Waals surface area contributed by atoms with Crippen molar-refractivity contribution in [1.82, 2.24) is 20.5 Å². The van der Waals surface area contributed by atoms with Gasteiger partial charge in [0.05, 0.1) is 13.1 Å². The van der Waals surface area contributed by atoms with E-state index in [9.17, 15) is 13.2 Å². The van der Waals surface area contributed by atoms with E-state index in [1.165, 1.54) is 11.9 Å². The predicted octanol–water partition coefficient (Wildman–Crippen LogP) is 2.39. The number of hydrogen-bond acceptors (Lipinski definition) is 4. The van der Waals surface area contributed by atoms with Crippen LogP contribution in [0.1, 0.15) is 23.2 Å². The van der Waals surface area contributed by atoms with Crippen LogP contribution in [-0.4, -0.2) is 55.2 Å². The molecule has 1 aromatic rings. The van der Waals surface area contributed by atoms with Crippen LogP contribution < -0.4 is 10.6 Å². The summed E-state index contributed by atoms with van der Waals surface area (Å²) < 4.78 is 36.6. The zero-order valence-electron chi connectivity index (χ0n) is 13.7. The van der Waals surface area contributed by atoms with Gasteiger partial charge in [-0.25, -0.2) is 9.98 Å². The van der Waals surface area contributed by atoms with Gasteiger partial charge in [-0.15, -0.1) is 11.3 Å². The molecular formula is C14H24F3N5S. The molecule has 132 valence electrons. The van der Waals surface area contributed by atoms with Crippen LogP contribution in [0.25, 0.3) is 0 Å². The number of rotatable bonds is 8. The van der Waals surface area contributed by atoms with Gasteiger partial charge in [-0.1, -0.05) is 0 Å². The third kappa shape index (κ3) is 9.39. The van der Waals surface area contributed by atoms with Crippen LogP contribution >= 0.6 is 11.3 Å². The van der Waals surface area contributed by atoms with E-state index in [4.69, 9.17) is 0 Å². The maximum atomic E-state index is 12.2. The Hall–Kier alpha value is -1.35. The topological polar surface area (TPSA) is 52.6 Å². The molecule has 0 spiro atoms. The predicted molar refractivity (Wildman–Crippen MR) is 87.8 cm³/mol. The number of nitrogens with one attached hydrogen (secondary N) is 2. The lowest BCUT2D eigenvalue weighted by Crippen LogP contribution is -2.39. The van der Waals surface area contributed by atoms with Crippen molar-refractivity contribution in [3.63, 3.8) is 0 Å². The highest BCUT2D eigenvalue weighted by atomic mass is 32.1. The quantitative estimate of drug-likeness (QED) is 0.429. The van der Waals surface area contributed by atoms with Crippen molar-refractivity contribution in [1.29, 1.82) is 0 Å². The van der Waals surface area contributed by atoms with E-state index < -0.39 is 12.7 Å². The van der Waals surface area contributed by atoms with Crippen molar-refractivity contribution in [3.05, 3.63) is 16.1 Å². The van der Waals surface area contributed by atoms with E-state index in [0.717, 1.165) is 16.4 Å². The van der Waals surface area contributed by atoms with Crippen LogP contribution in [0.2, 0.25) is 0 Å². The minimum atomic E-state index is -4.15. The molecule has 0 fully saturated rings. The largest absolute Gasteiger partial charge is 0.401 e. The monoisotopic (exact) mass is 351 g/mol. The molecule has 0 saturated heterocycles. The van der Waals surface area contributed by atoms with Gasteiger partial charge in [0, 0.05) is 24.2 Å². The van der Waals surface area contributed by atoms with Crippen molar-refractivity contribution >= 4 is 17.3 Å². The Bertz CT molecular complexity index is 487. The van der Waals surface area contributed by atoms with Crippen molar-refractivity contribution in [2.45, 2.75) is 33.0 Å². The first-order valence-electron chi connectivity index (χ1n) is 7.49. The average molecular weight is 351 g/mol. The van der Waals surface area contributed by atoms with E-state index in [1.54, 1.807) is 11.3 Å². The SMILES string of the molecule is CCNC(=NCc1ncc(C)s1)NCCCN(C)CC(F)(F)F. The number of guanidine groups is 1. The fourth-order valence-electron chi connectivity index (χ4n) is 1.90. The highest BCUT2D eigenvalue weighted by Crippen LogP contribution is 2.15. The molecule has 0 atom stereocenters. The number of thiazole rings is 1. The van der Waals surface area contributed by atoms with Crippen LogP contribution in [-0.2, 0) is 6.54 Å². The van der Waals surface area contributed by atoms with Gasteiger partial charge in [0.1, 0.15) is 5.01 Å². The lowest BCUT2D eigenvalue weighted by atomic mass is 10.4. The number of aryl methyl sites for hydroxylation is 1. The Balaban J connectivity index is 2.32. The summed E-state index contributed by atoms with van der Waals surface area (Å²) in [6.45, 7) is 5.21. The molecule has 0 aliphatic rings. The minimum absolute atomic E-state index is 0.373. The molecule has 0 unspecified atom stereocenters. The van der Waals surface area contributed by atoms with Crippen molar-refractivity contribution < 1.29 is 13.2 Å². The third-order valence-corrected chi connectivity index (χ3v) is 3.74. The smallest absolute Gasteiger partial charge is 0.357 e. The van der Waals surface area contributed by atoms with Crippen LogP contribution in [0.4, 0.5) is 13.2 Å². The fourth-order valence-corrected chi connectivity index (χ4v) is 2.62. The summed E-state index contributed by atoms with van der Waals surface area (Å²) in [6, 6.07) is 0. The van der Waals surface area contributed by atoms with Gasteiger partial charge in [0.25, 0.3) is 0 Å². The second kappa shape index (κ2) is 9.71. The molecule has 0 aliphatic carbocycles. The first kappa shape index (κ1) is 19.7. The normalized spacial score (nSPS) is 12.7. The van der Waals surface area contributed by atoms with Gasteiger partial charge in [-0.05, 0) is 33.9 Å². The lowest BCUT2D eigenvalue weighted by Gasteiger charge is -2.18. The number of aromatic nitrogens is 1. The number of hydrogen-bond donors (Lipinski definition) is 2. The Morgan fingerprint density at radius 2 is 2.13 bits per heavy atom. The van der Waals surface area contributed by atoms with Gasteiger partial charge in [-0.3, -0.25) is 4.90 Å². The fraction of sp³-hybridized carbons (Fsp3) is 0.714. The summed E-state index contributed by atoms with van der Waals surface area (Å²) in [5.74, 6) is 0.652. The number of alkyl halides is 3. The van der Waals surface area contributed by atoms with E-state index in [1.807, 2.05) is 20.0 Å². The first-order valence-corrected chi connectivity index (χ1v) is 8.30. The van der Waals surface area contributed by atoms with Gasteiger partial charge in [-0.2, -0.15) is 13.2 Å². The number of nitrogens with zero attached hydrogens (tertiary/aromatic N) is 3. The molecule has 9 heteroatoms. The molecule has 2 N–H and O–H groups in total. The molecule has 0 aromatic carbocycles. The van der Waals surface area contributed by atoms with Gasteiger partial charge >= 0.3 is 6.18 Å². The summed E-state index contributed by atoms with van der Waals surface area (Å²) in [6.07, 6.45) is -1.73. The van der Waals surface area contributed by atoms with Gasteiger partial charge in [0.15, 0.2) is 5.96 Å². The standard InChI is InChI=1S/C14H24F3N5S/c1-4-18-13(21-9-12-20-8-11(2)23-12)19-6-5-7-22(3)10-14(15,16)17/h8H,4-7,9-10H2,1-3H3,(H2,18,19,21). The average Bonchev–Trinajstić information content (AvgIpc) is 2.84. The molecule has 5 nitrogen and oxygen atoms in total. The second-order valence-corrected chi connectivity index (χ2v) is 6.51. The molecule has 23 heavy (non-hydrogen) atoms. The van der Waals surface area contributed by atoms with E-state index in [2.05, 4.69) is 20.6 Å². The van der Waals surface area contributed by atoms with Crippen LogP contribution in [0.5, 0.6) is 0 Å². The maximum Gasteiger partial charge on any atom is 0.401 e. The maximum absolute atomic E-state index is 12.2. The van der Waals surface area contributed by atoms with Crippen molar-refractivity contribution in [3.8, 4) is 0 Å². The highest BCUT2D eigenvalue weighted by Gasteiger charge is 2.28. The van der Waals surface area contributed by atoms with Crippen molar-refractivity contribution in [2.24, 2.45) is 4.99 Å². The highest BCUT2D eigenvalue weighted by molar-refractivity contribution is 7.11. The van der Waals surface area contributed by atoms with E-state index in [-0.39, 0.29) is 0 Å². The van der Waals surface area contributed by atoms with Gasteiger partial charge < -0.3 is 10.6 Å². The summed E-state index contributed by atoms with van der Waals surface area (Å²) in [7, 11) is 1.47. The van der Waals surface area contributed by atoms with Crippen molar-refractivity contribution in [2.75, 3.05) is 33.2 Å². The molecule has 0 radical (unpaired) electrons. The minimum Gasteiger partial charge on any atom is -0.357 e. The molecule has 1 heterocycles. The van der Waals surface area contributed by atoms with E-state index in [0.29, 0.717) is 32.0 Å². The molecule has 0 amide bonds. The van der Waals surface area contributed by atoms with Crippen LogP contribution in [0, 0.1) is 6.92 Å². The van der Waals surface area contributed by atoms with Crippen LogP contribution in [0.15, 0.2) is 11.2 Å². The number of aliphatic imine (C=N–C) groups is 1. The zero-order valence-corrected chi connectivity index (χ0v) is 14.5. The lowest BCUT2D eigenvalue weighted by molar-refractivity contribution is -0.143. The third-order valence-electron chi connectivity index (χ3n) is 2.84. The molecule has 0 aliphatic heterocycles. The molecule has 0 saturated carbocycles. The van der Waals surface area contributed by atoms with Crippen LogP contribution in [0.3, 0.4) is 0 Å². The number of halogens is 3. The zero-order chi connectivity index (χ0) is 17.3. The first-order chi connectivity index (χ1) is 10.8. The Morgan fingerprint density at radius 3 is 2.70 bits per heavy atom. The van der Waals surface area contributed by atoms with E-state index >= 15 is 0 Å². The molecule has 0 bridgehead atoms. The summed E-state index contributed by atoms with van der Waals surface area (Å²) in [4.78, 5) is 11.1. The summed E-state index contributed by atoms with van der Waals surface area (Å²) >= 11 is 1.60. The Kier molecular flexibility index (Phi) is 8.32. The van der Waals surface area contributed by atoms with Gasteiger partial charge in [0.2, 0.25) is 0 Å².